The van der Waals surface area contributed by atoms with E-state index >= 15 is 0 Å². The first-order valence-corrected chi connectivity index (χ1v) is 8.97. The van der Waals surface area contributed by atoms with Gasteiger partial charge >= 0.3 is 0 Å². The van der Waals surface area contributed by atoms with Gasteiger partial charge in [-0.1, -0.05) is 41.9 Å². The number of rotatable bonds is 7. The highest BCUT2D eigenvalue weighted by Crippen LogP contribution is 2.25. The lowest BCUT2D eigenvalue weighted by Gasteiger charge is -2.15. The van der Waals surface area contributed by atoms with Crippen molar-refractivity contribution >= 4 is 23.2 Å². The number of carbonyl (C=O) groups excluding carboxylic acids is 1. The van der Waals surface area contributed by atoms with Crippen LogP contribution in [-0.4, -0.2) is 25.2 Å². The van der Waals surface area contributed by atoms with Gasteiger partial charge in [0, 0.05) is 18.1 Å². The molecule has 1 saturated heterocycles. The molecule has 1 fully saturated rings. The third-order valence-corrected chi connectivity index (χ3v) is 4.56. The Morgan fingerprint density at radius 3 is 2.80 bits per heavy atom. The van der Waals surface area contributed by atoms with Crippen LogP contribution in [0.5, 0.6) is 5.75 Å². The van der Waals surface area contributed by atoms with Gasteiger partial charge in [-0.25, -0.2) is 0 Å². The second kappa shape index (κ2) is 8.88. The lowest BCUT2D eigenvalue weighted by Crippen LogP contribution is -2.18. The van der Waals surface area contributed by atoms with E-state index in [1.54, 1.807) is 0 Å². The highest BCUT2D eigenvalue weighted by molar-refractivity contribution is 6.31. The molecule has 132 valence electrons. The van der Waals surface area contributed by atoms with E-state index in [1.165, 1.54) is 0 Å². The van der Waals surface area contributed by atoms with Crippen LogP contribution < -0.4 is 10.1 Å². The highest BCUT2D eigenvalue weighted by Gasteiger charge is 2.17. The van der Waals surface area contributed by atoms with Crippen molar-refractivity contribution in [1.82, 2.24) is 0 Å². The number of hydrogen-bond acceptors (Lipinski definition) is 3. The van der Waals surface area contributed by atoms with Crippen molar-refractivity contribution in [3.63, 3.8) is 0 Å². The summed E-state index contributed by atoms with van der Waals surface area (Å²) in [4.78, 5) is 12.3. The van der Waals surface area contributed by atoms with Gasteiger partial charge in [0.1, 0.15) is 12.4 Å². The molecular formula is C20H22ClNO3. The molecule has 1 N–H and O–H groups in total. The van der Waals surface area contributed by atoms with Crippen molar-refractivity contribution in [1.29, 1.82) is 0 Å². The van der Waals surface area contributed by atoms with Crippen LogP contribution in [0.1, 0.15) is 24.8 Å². The number of amides is 1. The van der Waals surface area contributed by atoms with Crippen LogP contribution in [0.3, 0.4) is 0 Å². The Bertz CT molecular complexity index is 714. The standard InChI is InChI=1S/C20H22ClNO3/c21-17-8-2-1-6-15(17)11-12-20(23)22-18-9-3-4-10-19(18)25-14-16-7-5-13-24-16/h1-4,6,8-10,16H,5,7,11-14H2,(H,22,23). The van der Waals surface area contributed by atoms with Gasteiger partial charge in [-0.05, 0) is 43.0 Å². The molecule has 0 radical (unpaired) electrons. The minimum absolute atomic E-state index is 0.0620. The van der Waals surface area contributed by atoms with Crippen molar-refractivity contribution in [2.75, 3.05) is 18.5 Å². The summed E-state index contributed by atoms with van der Waals surface area (Å²) in [6.07, 6.45) is 3.21. The van der Waals surface area contributed by atoms with E-state index in [2.05, 4.69) is 5.32 Å². The average Bonchev–Trinajstić information content (AvgIpc) is 3.14. The fraction of sp³-hybridized carbons (Fsp3) is 0.350. The molecule has 0 aliphatic carbocycles. The van der Waals surface area contributed by atoms with E-state index < -0.39 is 0 Å². The third-order valence-electron chi connectivity index (χ3n) is 4.19. The largest absolute Gasteiger partial charge is 0.489 e. The maximum atomic E-state index is 12.3. The molecule has 0 aromatic heterocycles. The highest BCUT2D eigenvalue weighted by atomic mass is 35.5. The van der Waals surface area contributed by atoms with Gasteiger partial charge in [0.15, 0.2) is 0 Å². The first kappa shape index (κ1) is 17.8. The van der Waals surface area contributed by atoms with Gasteiger partial charge in [0.05, 0.1) is 11.8 Å². The van der Waals surface area contributed by atoms with Gasteiger partial charge in [-0.15, -0.1) is 0 Å². The van der Waals surface area contributed by atoms with Crippen molar-refractivity contribution in [2.45, 2.75) is 31.8 Å². The van der Waals surface area contributed by atoms with Gasteiger partial charge in [-0.2, -0.15) is 0 Å². The Morgan fingerprint density at radius 1 is 1.20 bits per heavy atom. The topological polar surface area (TPSA) is 47.6 Å². The normalized spacial score (nSPS) is 16.6. The van der Waals surface area contributed by atoms with Gasteiger partial charge < -0.3 is 14.8 Å². The number of nitrogens with one attached hydrogen (secondary N) is 1. The molecule has 1 amide bonds. The quantitative estimate of drug-likeness (QED) is 0.793. The van der Waals surface area contributed by atoms with Crippen LogP contribution in [0.2, 0.25) is 5.02 Å². The zero-order chi connectivity index (χ0) is 17.5. The van der Waals surface area contributed by atoms with E-state index in [0.717, 1.165) is 25.0 Å². The monoisotopic (exact) mass is 359 g/mol. The summed E-state index contributed by atoms with van der Waals surface area (Å²) in [7, 11) is 0. The molecule has 0 saturated carbocycles. The second-order valence-electron chi connectivity index (χ2n) is 6.08. The summed E-state index contributed by atoms with van der Waals surface area (Å²) in [5.41, 5.74) is 1.66. The molecule has 0 bridgehead atoms. The number of carbonyl (C=O) groups is 1. The Kier molecular flexibility index (Phi) is 6.31. The summed E-state index contributed by atoms with van der Waals surface area (Å²) in [6, 6.07) is 15.1. The van der Waals surface area contributed by atoms with Crippen molar-refractivity contribution < 1.29 is 14.3 Å². The summed E-state index contributed by atoms with van der Waals surface area (Å²) in [5.74, 6) is 0.608. The molecule has 2 aromatic rings. The third kappa shape index (κ3) is 5.21. The van der Waals surface area contributed by atoms with E-state index in [9.17, 15) is 4.79 Å². The number of benzene rings is 2. The number of aryl methyl sites for hydroxylation is 1. The molecule has 1 atom stereocenters. The molecule has 4 nitrogen and oxygen atoms in total. The van der Waals surface area contributed by atoms with Gasteiger partial charge in [0.2, 0.25) is 5.91 Å². The van der Waals surface area contributed by atoms with E-state index in [-0.39, 0.29) is 12.0 Å². The zero-order valence-electron chi connectivity index (χ0n) is 14.0. The first-order valence-electron chi connectivity index (χ1n) is 8.59. The lowest BCUT2D eigenvalue weighted by atomic mass is 10.1. The molecule has 0 spiro atoms. The van der Waals surface area contributed by atoms with Crippen molar-refractivity contribution in [2.24, 2.45) is 0 Å². The predicted octanol–water partition coefficient (Wildman–Crippen LogP) is 4.47. The maximum Gasteiger partial charge on any atom is 0.224 e. The zero-order valence-corrected chi connectivity index (χ0v) is 14.8. The summed E-state index contributed by atoms with van der Waals surface area (Å²) in [6.45, 7) is 1.31. The number of anilines is 1. The Morgan fingerprint density at radius 2 is 2.00 bits per heavy atom. The summed E-state index contributed by atoms with van der Waals surface area (Å²) >= 11 is 6.13. The van der Waals surface area contributed by atoms with Crippen LogP contribution in [0.4, 0.5) is 5.69 Å². The van der Waals surface area contributed by atoms with Crippen LogP contribution in [-0.2, 0) is 16.0 Å². The Hall–Kier alpha value is -2.04. The van der Waals surface area contributed by atoms with E-state index in [1.807, 2.05) is 48.5 Å². The summed E-state index contributed by atoms with van der Waals surface area (Å²) in [5, 5.41) is 3.62. The van der Waals surface area contributed by atoms with Crippen LogP contribution >= 0.6 is 11.6 Å². The van der Waals surface area contributed by atoms with Crippen molar-refractivity contribution in [3.05, 3.63) is 59.1 Å². The van der Waals surface area contributed by atoms with Crippen LogP contribution in [0.15, 0.2) is 48.5 Å². The summed E-state index contributed by atoms with van der Waals surface area (Å²) < 4.78 is 11.4. The SMILES string of the molecule is O=C(CCc1ccccc1Cl)Nc1ccccc1OCC1CCCO1. The molecule has 25 heavy (non-hydrogen) atoms. The van der Waals surface area contributed by atoms with Crippen LogP contribution in [0, 0.1) is 0 Å². The average molecular weight is 360 g/mol. The minimum atomic E-state index is -0.0620. The fourth-order valence-corrected chi connectivity index (χ4v) is 3.05. The number of hydrogen-bond donors (Lipinski definition) is 1. The molecule has 1 aliphatic heterocycles. The van der Waals surface area contributed by atoms with E-state index in [4.69, 9.17) is 21.1 Å². The second-order valence-corrected chi connectivity index (χ2v) is 6.49. The number of ether oxygens (including phenoxy) is 2. The van der Waals surface area contributed by atoms with Crippen molar-refractivity contribution in [3.8, 4) is 5.75 Å². The molecule has 1 heterocycles. The van der Waals surface area contributed by atoms with Gasteiger partial charge in [0.25, 0.3) is 0 Å². The molecule has 1 unspecified atom stereocenters. The Balaban J connectivity index is 1.54. The first-order chi connectivity index (χ1) is 12.2. The number of para-hydroxylation sites is 2. The molecule has 1 aliphatic rings. The van der Waals surface area contributed by atoms with Crippen LogP contribution in [0.25, 0.3) is 0 Å². The molecule has 2 aromatic carbocycles. The minimum Gasteiger partial charge on any atom is -0.489 e. The molecular weight excluding hydrogens is 338 g/mol. The lowest BCUT2D eigenvalue weighted by molar-refractivity contribution is -0.116. The smallest absolute Gasteiger partial charge is 0.224 e. The predicted molar refractivity (Wildman–Crippen MR) is 99.3 cm³/mol. The van der Waals surface area contributed by atoms with Gasteiger partial charge in [-0.3, -0.25) is 4.79 Å². The molecule has 5 heteroatoms. The fourth-order valence-electron chi connectivity index (χ4n) is 2.82. The number of halogens is 1. The Labute approximate surface area is 153 Å². The maximum absolute atomic E-state index is 12.3. The van der Waals surface area contributed by atoms with E-state index in [0.29, 0.717) is 35.9 Å². The molecule has 3 rings (SSSR count).